The van der Waals surface area contributed by atoms with Crippen molar-refractivity contribution in [3.05, 3.63) is 32.4 Å². The Labute approximate surface area is 105 Å². The number of carbonyl (C=O) groups excluding carboxylic acids is 1. The van der Waals surface area contributed by atoms with E-state index in [-0.39, 0.29) is 5.78 Å². The molecule has 0 aliphatic rings. The molecule has 0 fully saturated rings. The summed E-state index contributed by atoms with van der Waals surface area (Å²) in [6, 6.07) is 0. The second-order valence-corrected chi connectivity index (χ2v) is 4.96. The molecule has 2 aromatic rings. The van der Waals surface area contributed by atoms with Crippen LogP contribution in [0.3, 0.4) is 0 Å². The number of aromatic nitrogens is 3. The van der Waals surface area contributed by atoms with E-state index in [1.165, 1.54) is 11.3 Å². The van der Waals surface area contributed by atoms with Gasteiger partial charge >= 0.3 is 0 Å². The van der Waals surface area contributed by atoms with Crippen LogP contribution < -0.4 is 0 Å². The molecule has 0 saturated carbocycles. The van der Waals surface area contributed by atoms with E-state index in [0.717, 1.165) is 10.2 Å². The molecule has 2 rings (SSSR count). The Balaban J connectivity index is 2.49. The first-order chi connectivity index (χ1) is 7.65. The predicted molar refractivity (Wildman–Crippen MR) is 65.9 cm³/mol. The molecule has 4 nitrogen and oxygen atoms in total. The number of thiazole rings is 1. The van der Waals surface area contributed by atoms with E-state index in [0.29, 0.717) is 17.1 Å². The molecule has 0 aliphatic heterocycles. The highest BCUT2D eigenvalue weighted by molar-refractivity contribution is 9.10. The van der Waals surface area contributed by atoms with Gasteiger partial charge in [-0.3, -0.25) is 9.48 Å². The number of aryl methyl sites for hydroxylation is 2. The minimum absolute atomic E-state index is 0.0220. The lowest BCUT2D eigenvalue weighted by Gasteiger charge is -2.03. The lowest BCUT2D eigenvalue weighted by Crippen LogP contribution is -2.11. The van der Waals surface area contributed by atoms with Crippen LogP contribution in [0.15, 0.2) is 16.2 Å². The normalized spacial score (nSPS) is 10.7. The van der Waals surface area contributed by atoms with Crippen molar-refractivity contribution in [3.8, 4) is 0 Å². The summed E-state index contributed by atoms with van der Waals surface area (Å²) in [5.74, 6) is -0.0220. The van der Waals surface area contributed by atoms with Crippen LogP contribution in [-0.4, -0.2) is 20.5 Å². The quantitative estimate of drug-likeness (QED) is 0.819. The number of hydrogen-bond donors (Lipinski definition) is 0. The third-order valence-corrected chi connectivity index (χ3v) is 3.77. The van der Waals surface area contributed by atoms with Crippen molar-refractivity contribution in [2.75, 3.05) is 0 Å². The van der Waals surface area contributed by atoms with Gasteiger partial charge in [0, 0.05) is 6.54 Å². The van der Waals surface area contributed by atoms with Crippen LogP contribution in [-0.2, 0) is 6.54 Å². The zero-order valence-corrected chi connectivity index (χ0v) is 11.3. The molecule has 2 heterocycles. The van der Waals surface area contributed by atoms with Crippen LogP contribution in [0, 0.1) is 6.92 Å². The van der Waals surface area contributed by atoms with E-state index in [1.807, 2.05) is 13.8 Å². The summed E-state index contributed by atoms with van der Waals surface area (Å²) in [5.41, 5.74) is 3.05. The largest absolute Gasteiger partial charge is 0.286 e. The zero-order chi connectivity index (χ0) is 11.7. The monoisotopic (exact) mass is 299 g/mol. The molecule has 0 radical (unpaired) electrons. The third-order valence-electron chi connectivity index (χ3n) is 2.26. The molecule has 0 aromatic carbocycles. The Bertz CT molecular complexity index is 532. The van der Waals surface area contributed by atoms with E-state index in [9.17, 15) is 4.79 Å². The van der Waals surface area contributed by atoms with Crippen LogP contribution in [0.2, 0.25) is 0 Å². The minimum Gasteiger partial charge on any atom is -0.286 e. The number of carbonyl (C=O) groups is 1. The van der Waals surface area contributed by atoms with Gasteiger partial charge in [0.1, 0.15) is 5.69 Å². The first-order valence-electron chi connectivity index (χ1n) is 4.81. The van der Waals surface area contributed by atoms with E-state index in [1.54, 1.807) is 16.4 Å². The molecule has 0 amide bonds. The molecule has 0 aliphatic carbocycles. The lowest BCUT2D eigenvalue weighted by atomic mass is 10.2. The molecule has 16 heavy (non-hydrogen) atoms. The molecule has 0 bridgehead atoms. The fourth-order valence-corrected chi connectivity index (χ4v) is 2.67. The summed E-state index contributed by atoms with van der Waals surface area (Å²) in [4.78, 5) is 17.0. The number of halogens is 1. The molecule has 0 atom stereocenters. The van der Waals surface area contributed by atoms with Gasteiger partial charge in [0.05, 0.1) is 26.8 Å². The van der Waals surface area contributed by atoms with Gasteiger partial charge in [-0.15, -0.1) is 11.3 Å². The second-order valence-electron chi connectivity index (χ2n) is 3.25. The minimum atomic E-state index is -0.0220. The van der Waals surface area contributed by atoms with E-state index in [4.69, 9.17) is 0 Å². The van der Waals surface area contributed by atoms with Crippen molar-refractivity contribution in [2.24, 2.45) is 0 Å². The standard InChI is InChI=1S/C10H10BrN3OS/c1-3-14-8(7(11)4-13-14)9(15)10-6(2)12-5-16-10/h4-5H,3H2,1-2H3. The van der Waals surface area contributed by atoms with Crippen LogP contribution in [0.4, 0.5) is 0 Å². The Morgan fingerprint density at radius 3 is 2.94 bits per heavy atom. The van der Waals surface area contributed by atoms with E-state index < -0.39 is 0 Å². The average Bonchev–Trinajstić information content (AvgIpc) is 2.83. The molecular weight excluding hydrogens is 290 g/mol. The number of ketones is 1. The van der Waals surface area contributed by atoms with Crippen LogP contribution >= 0.6 is 27.3 Å². The van der Waals surface area contributed by atoms with Crippen molar-refractivity contribution in [1.82, 2.24) is 14.8 Å². The Morgan fingerprint density at radius 1 is 1.62 bits per heavy atom. The summed E-state index contributed by atoms with van der Waals surface area (Å²) in [7, 11) is 0. The Morgan fingerprint density at radius 2 is 2.38 bits per heavy atom. The summed E-state index contributed by atoms with van der Waals surface area (Å²) in [6.45, 7) is 4.46. The van der Waals surface area contributed by atoms with E-state index >= 15 is 0 Å². The zero-order valence-electron chi connectivity index (χ0n) is 8.90. The van der Waals surface area contributed by atoms with Gasteiger partial charge in [0.2, 0.25) is 5.78 Å². The fraction of sp³-hybridized carbons (Fsp3) is 0.300. The van der Waals surface area contributed by atoms with Crippen LogP contribution in [0.25, 0.3) is 0 Å². The highest BCUT2D eigenvalue weighted by Crippen LogP contribution is 2.23. The smallest absolute Gasteiger partial charge is 0.223 e. The Kier molecular flexibility index (Phi) is 3.20. The van der Waals surface area contributed by atoms with Crippen molar-refractivity contribution >= 4 is 33.0 Å². The first kappa shape index (κ1) is 11.5. The SMILES string of the molecule is CCn1ncc(Br)c1C(=O)c1scnc1C. The van der Waals surface area contributed by atoms with Gasteiger partial charge in [0.25, 0.3) is 0 Å². The molecule has 0 N–H and O–H groups in total. The van der Waals surface area contributed by atoms with Crippen molar-refractivity contribution in [3.63, 3.8) is 0 Å². The maximum atomic E-state index is 12.3. The molecule has 0 spiro atoms. The van der Waals surface area contributed by atoms with Crippen molar-refractivity contribution < 1.29 is 4.79 Å². The fourth-order valence-electron chi connectivity index (χ4n) is 1.46. The molecular formula is C10H10BrN3OS. The highest BCUT2D eigenvalue weighted by atomic mass is 79.9. The van der Waals surface area contributed by atoms with Gasteiger partial charge in [0.15, 0.2) is 0 Å². The van der Waals surface area contributed by atoms with Crippen LogP contribution in [0.1, 0.15) is 28.0 Å². The van der Waals surface area contributed by atoms with Crippen molar-refractivity contribution in [1.29, 1.82) is 0 Å². The van der Waals surface area contributed by atoms with Crippen molar-refractivity contribution in [2.45, 2.75) is 20.4 Å². The number of rotatable bonds is 3. The van der Waals surface area contributed by atoms with Gasteiger partial charge in [-0.1, -0.05) is 0 Å². The predicted octanol–water partition coefficient (Wildman–Crippen LogP) is 2.66. The summed E-state index contributed by atoms with van der Waals surface area (Å²) in [5, 5.41) is 4.13. The summed E-state index contributed by atoms with van der Waals surface area (Å²) >= 11 is 4.71. The molecule has 0 unspecified atom stereocenters. The van der Waals surface area contributed by atoms with Gasteiger partial charge in [-0.2, -0.15) is 5.10 Å². The van der Waals surface area contributed by atoms with Gasteiger partial charge < -0.3 is 0 Å². The van der Waals surface area contributed by atoms with Gasteiger partial charge in [-0.25, -0.2) is 4.98 Å². The Hall–Kier alpha value is -1.01. The third kappa shape index (κ3) is 1.82. The highest BCUT2D eigenvalue weighted by Gasteiger charge is 2.21. The topological polar surface area (TPSA) is 47.8 Å². The first-order valence-corrected chi connectivity index (χ1v) is 6.48. The van der Waals surface area contributed by atoms with Gasteiger partial charge in [-0.05, 0) is 29.8 Å². The summed E-state index contributed by atoms with van der Waals surface area (Å²) in [6.07, 6.45) is 1.65. The average molecular weight is 300 g/mol. The maximum Gasteiger partial charge on any atom is 0.223 e. The lowest BCUT2D eigenvalue weighted by molar-refractivity contribution is 0.103. The molecule has 0 saturated heterocycles. The molecule has 6 heteroatoms. The number of nitrogens with zero attached hydrogens (tertiary/aromatic N) is 3. The summed E-state index contributed by atoms with van der Waals surface area (Å²) < 4.78 is 2.41. The number of hydrogen-bond acceptors (Lipinski definition) is 4. The maximum absolute atomic E-state index is 12.3. The van der Waals surface area contributed by atoms with Crippen LogP contribution in [0.5, 0.6) is 0 Å². The second kappa shape index (κ2) is 4.47. The molecule has 84 valence electrons. The molecule has 2 aromatic heterocycles. The van der Waals surface area contributed by atoms with E-state index in [2.05, 4.69) is 26.0 Å².